The van der Waals surface area contributed by atoms with Crippen LogP contribution in [0.5, 0.6) is 0 Å². The van der Waals surface area contributed by atoms with Gasteiger partial charge in [0.2, 0.25) is 0 Å². The SMILES string of the molecule is CC(I)N1CC2(CCNCC2)C1. The number of hydrogen-bond acceptors (Lipinski definition) is 2. The lowest BCUT2D eigenvalue weighted by Gasteiger charge is -2.53. The Balaban J connectivity index is 1.84. The van der Waals surface area contributed by atoms with Gasteiger partial charge in [0.15, 0.2) is 0 Å². The zero-order chi connectivity index (χ0) is 8.60. The highest BCUT2D eigenvalue weighted by Gasteiger charge is 2.44. The molecule has 2 fully saturated rings. The summed E-state index contributed by atoms with van der Waals surface area (Å²) in [7, 11) is 0. The maximum absolute atomic E-state index is 3.43. The summed E-state index contributed by atoms with van der Waals surface area (Å²) in [5, 5.41) is 3.43. The van der Waals surface area contributed by atoms with Crippen LogP contribution in [0.1, 0.15) is 19.8 Å². The van der Waals surface area contributed by atoms with Gasteiger partial charge in [-0.15, -0.1) is 0 Å². The molecule has 0 bridgehead atoms. The van der Waals surface area contributed by atoms with Crippen LogP contribution in [0.15, 0.2) is 0 Å². The summed E-state index contributed by atoms with van der Waals surface area (Å²) in [6.45, 7) is 7.46. The largest absolute Gasteiger partial charge is 0.317 e. The molecular weight excluding hydrogens is 263 g/mol. The third-order valence-electron chi connectivity index (χ3n) is 3.24. The van der Waals surface area contributed by atoms with Crippen molar-refractivity contribution in [1.82, 2.24) is 10.2 Å². The molecule has 2 saturated heterocycles. The minimum atomic E-state index is 0.713. The lowest BCUT2D eigenvalue weighted by molar-refractivity contribution is -0.0232. The normalized spacial score (nSPS) is 31.5. The summed E-state index contributed by atoms with van der Waals surface area (Å²) >= 11 is 2.51. The third-order valence-corrected chi connectivity index (χ3v) is 4.03. The van der Waals surface area contributed by atoms with Crippen LogP contribution < -0.4 is 5.32 Å². The fraction of sp³-hybridized carbons (Fsp3) is 1.00. The Kier molecular flexibility index (Phi) is 2.63. The van der Waals surface area contributed by atoms with E-state index in [1.54, 1.807) is 0 Å². The monoisotopic (exact) mass is 280 g/mol. The van der Waals surface area contributed by atoms with Gasteiger partial charge < -0.3 is 5.32 Å². The van der Waals surface area contributed by atoms with Gasteiger partial charge in [-0.3, -0.25) is 4.90 Å². The third kappa shape index (κ3) is 1.63. The second-order valence-electron chi connectivity index (χ2n) is 4.23. The average Bonchev–Trinajstić information content (AvgIpc) is 2.01. The fourth-order valence-corrected chi connectivity index (χ4v) is 2.73. The number of alkyl halides is 1. The molecule has 1 N–H and O–H groups in total. The Morgan fingerprint density at radius 3 is 2.42 bits per heavy atom. The van der Waals surface area contributed by atoms with Crippen LogP contribution in [-0.4, -0.2) is 35.1 Å². The van der Waals surface area contributed by atoms with Crippen LogP contribution in [0.25, 0.3) is 0 Å². The Labute approximate surface area is 88.2 Å². The summed E-state index contributed by atoms with van der Waals surface area (Å²) in [6.07, 6.45) is 2.79. The molecule has 2 nitrogen and oxygen atoms in total. The topological polar surface area (TPSA) is 15.3 Å². The summed E-state index contributed by atoms with van der Waals surface area (Å²) < 4.78 is 0.725. The van der Waals surface area contributed by atoms with E-state index in [2.05, 4.69) is 39.7 Å². The van der Waals surface area contributed by atoms with Crippen molar-refractivity contribution < 1.29 is 0 Å². The number of likely N-dealkylation sites (tertiary alicyclic amines) is 1. The van der Waals surface area contributed by atoms with E-state index >= 15 is 0 Å². The molecule has 12 heavy (non-hydrogen) atoms. The molecule has 0 radical (unpaired) electrons. The predicted molar refractivity (Wildman–Crippen MR) is 59.6 cm³/mol. The number of nitrogens with one attached hydrogen (secondary N) is 1. The lowest BCUT2D eigenvalue weighted by atomic mass is 9.72. The fourth-order valence-electron chi connectivity index (χ4n) is 2.34. The number of nitrogens with zero attached hydrogens (tertiary/aromatic N) is 1. The minimum absolute atomic E-state index is 0.713. The second-order valence-corrected chi connectivity index (χ2v) is 6.03. The van der Waals surface area contributed by atoms with Crippen molar-refractivity contribution in [3.63, 3.8) is 0 Å². The van der Waals surface area contributed by atoms with E-state index in [1.807, 2.05) is 0 Å². The zero-order valence-corrected chi connectivity index (χ0v) is 9.80. The first-order valence-corrected chi connectivity index (χ1v) is 6.05. The smallest absolute Gasteiger partial charge is 0.0590 e. The van der Waals surface area contributed by atoms with Crippen LogP contribution >= 0.6 is 22.6 Å². The van der Waals surface area contributed by atoms with E-state index in [9.17, 15) is 0 Å². The highest BCUT2D eigenvalue weighted by Crippen LogP contribution is 2.40. The van der Waals surface area contributed by atoms with Gasteiger partial charge in [-0.25, -0.2) is 0 Å². The van der Waals surface area contributed by atoms with Crippen molar-refractivity contribution in [2.24, 2.45) is 5.41 Å². The number of halogens is 1. The molecular formula is C9H17IN2. The van der Waals surface area contributed by atoms with E-state index in [0.29, 0.717) is 5.41 Å². The quantitative estimate of drug-likeness (QED) is 0.444. The van der Waals surface area contributed by atoms with Crippen molar-refractivity contribution >= 4 is 22.6 Å². The van der Waals surface area contributed by atoms with Crippen molar-refractivity contribution in [1.29, 1.82) is 0 Å². The van der Waals surface area contributed by atoms with Gasteiger partial charge in [-0.1, -0.05) is 22.6 Å². The molecule has 1 atom stereocenters. The molecule has 2 heterocycles. The van der Waals surface area contributed by atoms with Crippen molar-refractivity contribution in [3.05, 3.63) is 0 Å². The standard InChI is InChI=1S/C9H17IN2/c1-8(10)12-6-9(7-12)2-4-11-5-3-9/h8,11H,2-7H2,1H3. The average molecular weight is 280 g/mol. The maximum Gasteiger partial charge on any atom is 0.0590 e. The number of hydrogen-bond donors (Lipinski definition) is 1. The highest BCUT2D eigenvalue weighted by molar-refractivity contribution is 14.1. The van der Waals surface area contributed by atoms with Gasteiger partial charge in [0.1, 0.15) is 0 Å². The molecule has 2 aliphatic heterocycles. The van der Waals surface area contributed by atoms with Crippen LogP contribution in [0.4, 0.5) is 0 Å². The van der Waals surface area contributed by atoms with Crippen LogP contribution in [0, 0.1) is 5.41 Å². The molecule has 3 heteroatoms. The lowest BCUT2D eigenvalue weighted by Crippen LogP contribution is -2.61. The zero-order valence-electron chi connectivity index (χ0n) is 7.65. The van der Waals surface area contributed by atoms with Crippen molar-refractivity contribution in [3.8, 4) is 0 Å². The van der Waals surface area contributed by atoms with E-state index < -0.39 is 0 Å². The Morgan fingerprint density at radius 2 is 1.92 bits per heavy atom. The van der Waals surface area contributed by atoms with Crippen molar-refractivity contribution in [2.75, 3.05) is 26.2 Å². The van der Waals surface area contributed by atoms with Gasteiger partial charge in [0, 0.05) is 13.1 Å². The molecule has 0 aromatic heterocycles. The summed E-state index contributed by atoms with van der Waals surface area (Å²) in [4.78, 5) is 2.58. The van der Waals surface area contributed by atoms with E-state index in [0.717, 1.165) is 4.05 Å². The summed E-state index contributed by atoms with van der Waals surface area (Å²) in [6, 6.07) is 0. The summed E-state index contributed by atoms with van der Waals surface area (Å²) in [5.41, 5.74) is 0.713. The molecule has 0 aromatic carbocycles. The van der Waals surface area contributed by atoms with E-state index in [4.69, 9.17) is 0 Å². The predicted octanol–water partition coefficient (Wildman–Crippen LogP) is 1.45. The van der Waals surface area contributed by atoms with Gasteiger partial charge in [0.25, 0.3) is 0 Å². The van der Waals surface area contributed by atoms with E-state index in [1.165, 1.54) is 39.0 Å². The molecule has 0 amide bonds. The molecule has 2 rings (SSSR count). The second kappa shape index (κ2) is 3.42. The van der Waals surface area contributed by atoms with Gasteiger partial charge in [-0.2, -0.15) is 0 Å². The van der Waals surface area contributed by atoms with Crippen molar-refractivity contribution in [2.45, 2.75) is 23.8 Å². The van der Waals surface area contributed by atoms with E-state index in [-0.39, 0.29) is 0 Å². The van der Waals surface area contributed by atoms with Crippen LogP contribution in [-0.2, 0) is 0 Å². The number of rotatable bonds is 1. The Morgan fingerprint density at radius 1 is 1.33 bits per heavy atom. The van der Waals surface area contributed by atoms with Gasteiger partial charge in [0.05, 0.1) is 4.05 Å². The van der Waals surface area contributed by atoms with Gasteiger partial charge >= 0.3 is 0 Å². The Hall–Kier alpha value is 0.650. The molecule has 1 unspecified atom stereocenters. The van der Waals surface area contributed by atoms with Crippen LogP contribution in [0.2, 0.25) is 0 Å². The first kappa shape index (κ1) is 9.21. The minimum Gasteiger partial charge on any atom is -0.317 e. The maximum atomic E-state index is 3.43. The summed E-state index contributed by atoms with van der Waals surface area (Å²) in [5.74, 6) is 0. The molecule has 70 valence electrons. The molecule has 0 saturated carbocycles. The first-order chi connectivity index (χ1) is 5.72. The Bertz CT molecular complexity index is 156. The highest BCUT2D eigenvalue weighted by atomic mass is 127. The molecule has 2 aliphatic rings. The molecule has 0 aromatic rings. The molecule has 1 spiro atoms. The van der Waals surface area contributed by atoms with Gasteiger partial charge in [-0.05, 0) is 38.3 Å². The first-order valence-electron chi connectivity index (χ1n) is 4.81. The number of piperidine rings is 1. The molecule has 0 aliphatic carbocycles. The van der Waals surface area contributed by atoms with Crippen LogP contribution in [0.3, 0.4) is 0 Å².